The molecule has 0 saturated heterocycles. The lowest BCUT2D eigenvalue weighted by atomic mass is 10.2. The van der Waals surface area contributed by atoms with Gasteiger partial charge in [0.05, 0.1) is 12.2 Å². The number of benzene rings is 2. The van der Waals surface area contributed by atoms with E-state index in [1.807, 2.05) is 35.7 Å². The van der Waals surface area contributed by atoms with Crippen LogP contribution in [-0.4, -0.2) is 17.3 Å². The Bertz CT molecular complexity index is 908. The second kappa shape index (κ2) is 8.09. The van der Waals surface area contributed by atoms with E-state index in [1.54, 1.807) is 0 Å². The maximum Gasteiger partial charge on any atom is 0.573 e. The number of aliphatic imine (C=N–C) groups is 1. The van der Waals surface area contributed by atoms with E-state index in [2.05, 4.69) is 20.0 Å². The molecule has 0 atom stereocenters. The lowest BCUT2D eigenvalue weighted by Crippen LogP contribution is -2.22. The van der Waals surface area contributed by atoms with Gasteiger partial charge in [-0.2, -0.15) is 0 Å². The van der Waals surface area contributed by atoms with Gasteiger partial charge in [0.1, 0.15) is 10.8 Å². The Balaban J connectivity index is 1.58. The highest BCUT2D eigenvalue weighted by atomic mass is 32.1. The van der Waals surface area contributed by atoms with Gasteiger partial charge in [-0.3, -0.25) is 0 Å². The van der Waals surface area contributed by atoms with Crippen molar-refractivity contribution in [2.45, 2.75) is 12.9 Å². The maximum atomic E-state index is 12.1. The average molecular weight is 392 g/mol. The van der Waals surface area contributed by atoms with Crippen molar-refractivity contribution in [3.63, 3.8) is 0 Å². The van der Waals surface area contributed by atoms with Gasteiger partial charge in [-0.25, -0.2) is 9.98 Å². The molecular weight excluding hydrogens is 377 g/mol. The third-order valence-electron chi connectivity index (χ3n) is 3.34. The number of guanidine groups is 1. The van der Waals surface area contributed by atoms with E-state index in [1.165, 1.54) is 35.6 Å². The summed E-state index contributed by atoms with van der Waals surface area (Å²) < 4.78 is 40.2. The van der Waals surface area contributed by atoms with E-state index in [0.29, 0.717) is 5.69 Å². The zero-order valence-corrected chi connectivity index (χ0v) is 14.7. The number of anilines is 1. The Morgan fingerprint density at radius 3 is 2.48 bits per heavy atom. The van der Waals surface area contributed by atoms with Crippen molar-refractivity contribution < 1.29 is 17.9 Å². The van der Waals surface area contributed by atoms with Crippen molar-refractivity contribution in [3.8, 4) is 16.3 Å². The summed E-state index contributed by atoms with van der Waals surface area (Å²) in [4.78, 5) is 8.70. The highest BCUT2D eigenvalue weighted by Gasteiger charge is 2.30. The van der Waals surface area contributed by atoms with Gasteiger partial charge in [-0.15, -0.1) is 24.5 Å². The number of rotatable bonds is 5. The first-order chi connectivity index (χ1) is 12.9. The van der Waals surface area contributed by atoms with E-state index >= 15 is 0 Å². The van der Waals surface area contributed by atoms with Crippen molar-refractivity contribution >= 4 is 23.0 Å². The molecule has 2 aromatic carbocycles. The van der Waals surface area contributed by atoms with Crippen molar-refractivity contribution in [2.24, 2.45) is 10.7 Å². The van der Waals surface area contributed by atoms with Crippen LogP contribution < -0.4 is 15.8 Å². The third kappa shape index (κ3) is 5.71. The molecule has 3 rings (SSSR count). The number of ether oxygens (including phenoxy) is 1. The number of nitrogens with zero attached hydrogens (tertiary/aromatic N) is 2. The first kappa shape index (κ1) is 18.7. The summed E-state index contributed by atoms with van der Waals surface area (Å²) in [5.74, 6) is -0.173. The largest absolute Gasteiger partial charge is 0.573 e. The molecule has 5 nitrogen and oxygen atoms in total. The zero-order valence-electron chi connectivity index (χ0n) is 13.9. The number of halogens is 3. The molecule has 27 heavy (non-hydrogen) atoms. The standard InChI is InChI=1S/C18H15F3N4OS/c19-18(20,21)26-15-8-6-13(7-9-15)25-17(22)23-10-14-11-27-16(24-14)12-4-2-1-3-5-12/h1-9,11H,10H2,(H3,22,23,25). The Hall–Kier alpha value is -3.07. The molecule has 140 valence electrons. The van der Waals surface area contributed by atoms with Crippen LogP contribution >= 0.6 is 11.3 Å². The number of alkyl halides is 3. The van der Waals surface area contributed by atoms with Gasteiger partial charge in [-0.1, -0.05) is 30.3 Å². The summed E-state index contributed by atoms with van der Waals surface area (Å²) in [6, 6.07) is 15.0. The topological polar surface area (TPSA) is 72.5 Å². The number of hydrogen-bond donors (Lipinski definition) is 2. The molecule has 0 spiro atoms. The third-order valence-corrected chi connectivity index (χ3v) is 4.28. The molecule has 3 N–H and O–H groups in total. The Morgan fingerprint density at radius 2 is 1.81 bits per heavy atom. The summed E-state index contributed by atoms with van der Waals surface area (Å²) in [6.07, 6.45) is -4.72. The first-order valence-corrected chi connectivity index (χ1v) is 8.69. The van der Waals surface area contributed by atoms with E-state index in [-0.39, 0.29) is 18.3 Å². The lowest BCUT2D eigenvalue weighted by Gasteiger charge is -2.10. The van der Waals surface area contributed by atoms with E-state index in [9.17, 15) is 13.2 Å². The fraction of sp³-hybridized carbons (Fsp3) is 0.111. The summed E-state index contributed by atoms with van der Waals surface area (Å²) >= 11 is 1.52. The fourth-order valence-electron chi connectivity index (χ4n) is 2.19. The van der Waals surface area contributed by atoms with Crippen LogP contribution in [0.2, 0.25) is 0 Å². The van der Waals surface area contributed by atoms with Gasteiger partial charge in [0.2, 0.25) is 0 Å². The number of thiazole rings is 1. The van der Waals surface area contributed by atoms with Crippen LogP contribution in [0.4, 0.5) is 18.9 Å². The molecule has 0 aliphatic heterocycles. The summed E-state index contributed by atoms with van der Waals surface area (Å²) in [7, 11) is 0. The van der Waals surface area contributed by atoms with E-state index in [0.717, 1.165) is 16.3 Å². The molecule has 1 aromatic heterocycles. The second-order valence-electron chi connectivity index (χ2n) is 5.41. The first-order valence-electron chi connectivity index (χ1n) is 7.82. The van der Waals surface area contributed by atoms with Crippen LogP contribution in [0, 0.1) is 0 Å². The highest BCUT2D eigenvalue weighted by molar-refractivity contribution is 7.13. The van der Waals surface area contributed by atoms with Gasteiger partial charge in [0, 0.05) is 16.6 Å². The molecule has 0 aliphatic carbocycles. The van der Waals surface area contributed by atoms with Crippen LogP contribution in [0.15, 0.2) is 65.0 Å². The summed E-state index contributed by atoms with van der Waals surface area (Å²) in [5.41, 5.74) is 8.12. The maximum absolute atomic E-state index is 12.1. The minimum absolute atomic E-state index is 0.133. The number of hydrogen-bond acceptors (Lipinski definition) is 4. The van der Waals surface area contributed by atoms with Crippen molar-refractivity contribution in [2.75, 3.05) is 5.32 Å². The monoisotopic (exact) mass is 392 g/mol. The van der Waals surface area contributed by atoms with Crippen LogP contribution in [0.25, 0.3) is 10.6 Å². The lowest BCUT2D eigenvalue weighted by molar-refractivity contribution is -0.274. The van der Waals surface area contributed by atoms with Crippen molar-refractivity contribution in [1.82, 2.24) is 4.98 Å². The van der Waals surface area contributed by atoms with Crippen LogP contribution in [-0.2, 0) is 6.54 Å². The minimum atomic E-state index is -4.72. The second-order valence-corrected chi connectivity index (χ2v) is 6.27. The Labute approximate surface area is 157 Å². The number of nitrogens with one attached hydrogen (secondary N) is 1. The molecule has 0 radical (unpaired) electrons. The number of nitrogens with two attached hydrogens (primary N) is 1. The smallest absolute Gasteiger partial charge is 0.406 e. The number of aromatic nitrogens is 1. The normalized spacial score (nSPS) is 12.0. The van der Waals surface area contributed by atoms with Crippen LogP contribution in [0.5, 0.6) is 5.75 Å². The molecule has 3 aromatic rings. The zero-order chi connectivity index (χ0) is 19.3. The van der Waals surface area contributed by atoms with Gasteiger partial charge in [-0.05, 0) is 24.3 Å². The molecule has 0 fully saturated rings. The molecule has 0 amide bonds. The highest BCUT2D eigenvalue weighted by Crippen LogP contribution is 2.25. The molecule has 0 saturated carbocycles. The Kier molecular flexibility index (Phi) is 5.60. The molecule has 1 heterocycles. The van der Waals surface area contributed by atoms with Crippen molar-refractivity contribution in [3.05, 3.63) is 65.7 Å². The van der Waals surface area contributed by atoms with E-state index < -0.39 is 6.36 Å². The summed E-state index contributed by atoms with van der Waals surface area (Å²) in [5, 5.41) is 5.61. The minimum Gasteiger partial charge on any atom is -0.406 e. The van der Waals surface area contributed by atoms with Crippen LogP contribution in [0.1, 0.15) is 5.69 Å². The van der Waals surface area contributed by atoms with Gasteiger partial charge >= 0.3 is 6.36 Å². The van der Waals surface area contributed by atoms with E-state index in [4.69, 9.17) is 5.73 Å². The predicted octanol–water partition coefficient (Wildman–Crippen LogP) is 4.64. The summed E-state index contributed by atoms with van der Waals surface area (Å²) in [6.45, 7) is 0.289. The average Bonchev–Trinajstić information content (AvgIpc) is 3.10. The predicted molar refractivity (Wildman–Crippen MR) is 99.6 cm³/mol. The van der Waals surface area contributed by atoms with Gasteiger partial charge in [0.25, 0.3) is 0 Å². The SMILES string of the molecule is NC(=NCc1csc(-c2ccccc2)n1)Nc1ccc(OC(F)(F)F)cc1. The van der Waals surface area contributed by atoms with Gasteiger partial charge < -0.3 is 15.8 Å². The quantitative estimate of drug-likeness (QED) is 0.490. The molecule has 0 unspecified atom stereocenters. The van der Waals surface area contributed by atoms with Crippen LogP contribution in [0.3, 0.4) is 0 Å². The fourth-order valence-corrected chi connectivity index (χ4v) is 3.00. The van der Waals surface area contributed by atoms with Gasteiger partial charge in [0.15, 0.2) is 5.96 Å². The molecule has 0 aliphatic rings. The molecule has 9 heteroatoms. The van der Waals surface area contributed by atoms with Crippen molar-refractivity contribution in [1.29, 1.82) is 0 Å². The molecular formula is C18H15F3N4OS. The Morgan fingerprint density at radius 1 is 1.11 bits per heavy atom. The molecule has 0 bridgehead atoms.